The van der Waals surface area contributed by atoms with Gasteiger partial charge in [0.25, 0.3) is 5.56 Å². The fourth-order valence-corrected chi connectivity index (χ4v) is 4.19. The molecule has 3 aromatic rings. The number of nitrogens with zero attached hydrogens (tertiary/aromatic N) is 5. The molecule has 1 fully saturated rings. The smallest absolute Gasteiger partial charge is 0.407 e. The Morgan fingerprint density at radius 3 is 2.74 bits per heavy atom. The Hall–Kier alpha value is -3.80. The highest BCUT2D eigenvalue weighted by atomic mass is 19.1. The van der Waals surface area contributed by atoms with Gasteiger partial charge in [-0.3, -0.25) is 14.3 Å². The van der Waals surface area contributed by atoms with Crippen molar-refractivity contribution in [3.05, 3.63) is 52.6 Å². The standard InChI is InChI=1S/C23H25FN6O5/c24-20-2-1-17-22(28-20)30(21(31)13-26-17)8-7-29-5-3-15(4-6-29)27-23(32)35-14-16-11-18-19(12-25-16)34-10-9-33-18/h1-2,11-13,15H,3-10,14H2,(H,27,32). The molecular weight excluding hydrogens is 459 g/mol. The van der Waals surface area contributed by atoms with E-state index in [-0.39, 0.29) is 23.9 Å². The van der Waals surface area contributed by atoms with Crippen LogP contribution in [0.2, 0.25) is 0 Å². The van der Waals surface area contributed by atoms with Crippen molar-refractivity contribution < 1.29 is 23.4 Å². The highest BCUT2D eigenvalue weighted by molar-refractivity contribution is 5.69. The van der Waals surface area contributed by atoms with E-state index in [0.29, 0.717) is 49.0 Å². The number of piperidine rings is 1. The summed E-state index contributed by atoms with van der Waals surface area (Å²) in [6, 6.07) is 4.43. The summed E-state index contributed by atoms with van der Waals surface area (Å²) in [5.74, 6) is 0.532. The van der Waals surface area contributed by atoms with Gasteiger partial charge in [-0.1, -0.05) is 0 Å². The number of carbonyl (C=O) groups excluding carboxylic acids is 1. The Morgan fingerprint density at radius 2 is 1.91 bits per heavy atom. The first kappa shape index (κ1) is 23.0. The molecule has 5 heterocycles. The summed E-state index contributed by atoms with van der Waals surface area (Å²) in [7, 11) is 0. The number of amides is 1. The molecule has 35 heavy (non-hydrogen) atoms. The summed E-state index contributed by atoms with van der Waals surface area (Å²) in [4.78, 5) is 38.8. The van der Waals surface area contributed by atoms with Crippen molar-refractivity contribution in [3.63, 3.8) is 0 Å². The molecule has 3 aromatic heterocycles. The molecule has 0 atom stereocenters. The zero-order valence-corrected chi connectivity index (χ0v) is 19.0. The van der Waals surface area contributed by atoms with Crippen LogP contribution in [0.25, 0.3) is 11.2 Å². The van der Waals surface area contributed by atoms with Gasteiger partial charge < -0.3 is 24.4 Å². The number of rotatable bonds is 6. The third-order valence-electron chi connectivity index (χ3n) is 6.04. The first-order chi connectivity index (χ1) is 17.0. The number of hydrogen-bond donors (Lipinski definition) is 1. The number of pyridine rings is 2. The number of carbonyl (C=O) groups is 1. The number of halogens is 1. The molecule has 2 aliphatic heterocycles. The number of nitrogens with one attached hydrogen (secondary N) is 1. The minimum absolute atomic E-state index is 0.00721. The van der Waals surface area contributed by atoms with E-state index >= 15 is 0 Å². The van der Waals surface area contributed by atoms with Crippen LogP contribution in [-0.4, -0.2) is 69.4 Å². The van der Waals surface area contributed by atoms with Crippen molar-refractivity contribution in [2.45, 2.75) is 32.0 Å². The Morgan fingerprint density at radius 1 is 1.11 bits per heavy atom. The molecule has 11 nitrogen and oxygen atoms in total. The topological polar surface area (TPSA) is 121 Å². The molecule has 0 radical (unpaired) electrons. The van der Waals surface area contributed by atoms with Crippen molar-refractivity contribution in [3.8, 4) is 11.5 Å². The fourth-order valence-electron chi connectivity index (χ4n) is 4.19. The average Bonchev–Trinajstić information content (AvgIpc) is 2.87. The third-order valence-corrected chi connectivity index (χ3v) is 6.04. The monoisotopic (exact) mass is 484 g/mol. The fraction of sp³-hybridized carbons (Fsp3) is 0.435. The van der Waals surface area contributed by atoms with Gasteiger partial charge in [0.2, 0.25) is 5.95 Å². The zero-order chi connectivity index (χ0) is 24.2. The molecule has 0 saturated carbocycles. The average molecular weight is 484 g/mol. The molecule has 1 amide bonds. The Bertz CT molecular complexity index is 1280. The van der Waals surface area contributed by atoms with Gasteiger partial charge in [-0.2, -0.15) is 9.37 Å². The van der Waals surface area contributed by atoms with E-state index in [2.05, 4.69) is 25.2 Å². The molecule has 0 aliphatic carbocycles. The quantitative estimate of drug-likeness (QED) is 0.519. The van der Waals surface area contributed by atoms with E-state index in [9.17, 15) is 14.0 Å². The van der Waals surface area contributed by atoms with Crippen LogP contribution >= 0.6 is 0 Å². The summed E-state index contributed by atoms with van der Waals surface area (Å²) in [6.07, 6.45) is 3.79. The third kappa shape index (κ3) is 5.48. The van der Waals surface area contributed by atoms with E-state index in [0.717, 1.165) is 25.9 Å². The second kappa shape index (κ2) is 10.2. The van der Waals surface area contributed by atoms with Gasteiger partial charge >= 0.3 is 6.09 Å². The highest BCUT2D eigenvalue weighted by Gasteiger charge is 2.22. The van der Waals surface area contributed by atoms with Crippen LogP contribution in [0.5, 0.6) is 11.5 Å². The maximum absolute atomic E-state index is 13.6. The Balaban J connectivity index is 1.08. The maximum atomic E-state index is 13.6. The predicted octanol–water partition coefficient (Wildman–Crippen LogP) is 1.49. The molecule has 184 valence electrons. The van der Waals surface area contributed by atoms with E-state index in [1.165, 1.54) is 22.9 Å². The Kier molecular flexibility index (Phi) is 6.70. The summed E-state index contributed by atoms with van der Waals surface area (Å²) in [5.41, 5.74) is 0.970. The van der Waals surface area contributed by atoms with Crippen LogP contribution in [0.1, 0.15) is 18.5 Å². The van der Waals surface area contributed by atoms with Crippen LogP contribution in [0.3, 0.4) is 0 Å². The molecule has 12 heteroatoms. The van der Waals surface area contributed by atoms with Gasteiger partial charge in [-0.25, -0.2) is 9.78 Å². The van der Waals surface area contributed by atoms with E-state index in [1.807, 2.05) is 0 Å². The highest BCUT2D eigenvalue weighted by Crippen LogP contribution is 2.29. The minimum atomic E-state index is -0.651. The lowest BCUT2D eigenvalue weighted by Gasteiger charge is -2.32. The van der Waals surface area contributed by atoms with Crippen LogP contribution in [0.15, 0.2) is 35.4 Å². The van der Waals surface area contributed by atoms with Crippen LogP contribution < -0.4 is 20.3 Å². The van der Waals surface area contributed by atoms with Gasteiger partial charge in [0.15, 0.2) is 17.1 Å². The number of alkyl carbamates (subject to hydrolysis) is 1. The number of likely N-dealkylation sites (tertiary alicyclic amines) is 1. The number of ether oxygens (including phenoxy) is 3. The van der Waals surface area contributed by atoms with Crippen molar-refractivity contribution in [1.82, 2.24) is 29.7 Å². The summed E-state index contributed by atoms with van der Waals surface area (Å²) < 4.78 is 31.3. The molecular formula is C23H25FN6O5. The van der Waals surface area contributed by atoms with Crippen molar-refractivity contribution in [2.24, 2.45) is 0 Å². The van der Waals surface area contributed by atoms with E-state index in [1.54, 1.807) is 12.3 Å². The number of aromatic nitrogens is 4. The molecule has 1 saturated heterocycles. The summed E-state index contributed by atoms with van der Waals surface area (Å²) in [6.45, 7) is 3.46. The molecule has 0 unspecified atom stereocenters. The molecule has 1 N–H and O–H groups in total. The van der Waals surface area contributed by atoms with Crippen molar-refractivity contribution >= 4 is 17.3 Å². The first-order valence-electron chi connectivity index (χ1n) is 11.5. The zero-order valence-electron chi connectivity index (χ0n) is 19.0. The van der Waals surface area contributed by atoms with Gasteiger partial charge in [0.1, 0.15) is 25.3 Å². The molecule has 0 aromatic carbocycles. The first-order valence-corrected chi connectivity index (χ1v) is 11.5. The SMILES string of the molecule is O=C(NC1CCN(CCn2c(=O)cnc3ccc(F)nc32)CC1)OCc1cc2c(cn1)OCCO2. The van der Waals surface area contributed by atoms with Crippen LogP contribution in [0, 0.1) is 5.95 Å². The maximum Gasteiger partial charge on any atom is 0.407 e. The minimum Gasteiger partial charge on any atom is -0.486 e. The van der Waals surface area contributed by atoms with Gasteiger partial charge in [0, 0.05) is 38.3 Å². The van der Waals surface area contributed by atoms with Crippen molar-refractivity contribution in [1.29, 1.82) is 0 Å². The van der Waals surface area contributed by atoms with Crippen LogP contribution in [0.4, 0.5) is 9.18 Å². The van der Waals surface area contributed by atoms with Gasteiger partial charge in [-0.15, -0.1) is 0 Å². The lowest BCUT2D eigenvalue weighted by molar-refractivity contribution is 0.124. The second-order valence-electron chi connectivity index (χ2n) is 8.38. The number of hydrogen-bond acceptors (Lipinski definition) is 9. The Labute approximate surface area is 199 Å². The van der Waals surface area contributed by atoms with Crippen LogP contribution in [-0.2, 0) is 17.9 Å². The van der Waals surface area contributed by atoms with Gasteiger partial charge in [0.05, 0.1) is 18.1 Å². The molecule has 2 aliphatic rings. The lowest BCUT2D eigenvalue weighted by Crippen LogP contribution is -2.45. The van der Waals surface area contributed by atoms with E-state index in [4.69, 9.17) is 14.2 Å². The van der Waals surface area contributed by atoms with Gasteiger partial charge in [-0.05, 0) is 25.0 Å². The second-order valence-corrected chi connectivity index (χ2v) is 8.38. The van der Waals surface area contributed by atoms with E-state index < -0.39 is 12.0 Å². The molecule has 0 spiro atoms. The molecule has 5 rings (SSSR count). The normalized spacial score (nSPS) is 16.3. The largest absolute Gasteiger partial charge is 0.486 e. The summed E-state index contributed by atoms with van der Waals surface area (Å²) >= 11 is 0. The number of fused-ring (bicyclic) bond motifs is 2. The predicted molar refractivity (Wildman–Crippen MR) is 122 cm³/mol. The van der Waals surface area contributed by atoms with Crippen molar-refractivity contribution in [2.75, 3.05) is 32.8 Å². The lowest BCUT2D eigenvalue weighted by atomic mass is 10.1. The molecule has 0 bridgehead atoms. The summed E-state index contributed by atoms with van der Waals surface area (Å²) in [5, 5.41) is 2.90.